The molecule has 19 heavy (non-hydrogen) atoms. The molecule has 0 aliphatic rings. The lowest BCUT2D eigenvalue weighted by molar-refractivity contribution is 0.104. The van der Waals surface area contributed by atoms with Gasteiger partial charge in [-0.1, -0.05) is 31.5 Å². The molecule has 1 aromatic carbocycles. The van der Waals surface area contributed by atoms with E-state index in [-0.39, 0.29) is 17.9 Å². The molecule has 0 amide bonds. The van der Waals surface area contributed by atoms with E-state index >= 15 is 0 Å². The van der Waals surface area contributed by atoms with E-state index in [1.54, 1.807) is 6.07 Å². The van der Waals surface area contributed by atoms with Crippen LogP contribution in [0, 0.1) is 11.7 Å². The van der Waals surface area contributed by atoms with Gasteiger partial charge in [0.1, 0.15) is 5.82 Å². The Morgan fingerprint density at radius 3 is 2.53 bits per heavy atom. The van der Waals surface area contributed by atoms with E-state index in [0.717, 1.165) is 5.56 Å². The second-order valence-corrected chi connectivity index (χ2v) is 5.47. The van der Waals surface area contributed by atoms with Crippen LogP contribution in [0.3, 0.4) is 0 Å². The fraction of sp³-hybridized carbons (Fsp3) is 0.600. The van der Waals surface area contributed by atoms with Gasteiger partial charge in [0.15, 0.2) is 0 Å². The van der Waals surface area contributed by atoms with Gasteiger partial charge in [-0.2, -0.15) is 0 Å². The molecule has 0 saturated heterocycles. The summed E-state index contributed by atoms with van der Waals surface area (Å²) >= 11 is 6.08. The van der Waals surface area contributed by atoms with E-state index in [2.05, 4.69) is 19.2 Å². The van der Waals surface area contributed by atoms with Crippen molar-refractivity contribution in [2.24, 2.45) is 5.92 Å². The first kappa shape index (κ1) is 16.4. The Morgan fingerprint density at radius 1 is 1.32 bits per heavy atom. The number of hydrogen-bond donors (Lipinski definition) is 1. The lowest BCUT2D eigenvalue weighted by Crippen LogP contribution is -2.39. The second kappa shape index (κ2) is 7.83. The predicted molar refractivity (Wildman–Crippen MR) is 78.1 cm³/mol. The molecule has 0 radical (unpaired) electrons. The molecule has 0 saturated carbocycles. The maximum Gasteiger partial charge on any atom is 0.124 e. The molecule has 0 aliphatic heterocycles. The Kier molecular flexibility index (Phi) is 6.76. The molecular weight excluding hydrogens is 265 g/mol. The number of benzene rings is 1. The molecule has 4 heteroatoms. The molecule has 2 unspecified atom stereocenters. The Balaban J connectivity index is 2.72. The normalized spacial score (nSPS) is 14.7. The summed E-state index contributed by atoms with van der Waals surface area (Å²) in [7, 11) is 0. The highest BCUT2D eigenvalue weighted by atomic mass is 35.5. The van der Waals surface area contributed by atoms with Crippen LogP contribution in [0.1, 0.15) is 39.3 Å². The molecule has 1 rings (SSSR count). The van der Waals surface area contributed by atoms with Crippen LogP contribution < -0.4 is 5.32 Å². The topological polar surface area (TPSA) is 21.3 Å². The molecule has 2 atom stereocenters. The molecule has 0 aliphatic carbocycles. The third kappa shape index (κ3) is 5.09. The van der Waals surface area contributed by atoms with Gasteiger partial charge in [0, 0.05) is 23.7 Å². The van der Waals surface area contributed by atoms with Crippen molar-refractivity contribution in [3.8, 4) is 0 Å². The molecule has 0 spiro atoms. The summed E-state index contributed by atoms with van der Waals surface area (Å²) in [6.45, 7) is 9.68. The summed E-state index contributed by atoms with van der Waals surface area (Å²) < 4.78 is 18.5. The van der Waals surface area contributed by atoms with E-state index in [4.69, 9.17) is 16.3 Å². The molecule has 1 aromatic rings. The van der Waals surface area contributed by atoms with Crippen LogP contribution in [0.25, 0.3) is 0 Å². The van der Waals surface area contributed by atoms with Crippen LogP contribution in [-0.2, 0) is 4.74 Å². The highest BCUT2D eigenvalue weighted by Gasteiger charge is 2.18. The first-order valence-corrected chi connectivity index (χ1v) is 7.12. The second-order valence-electron chi connectivity index (χ2n) is 5.06. The van der Waals surface area contributed by atoms with Crippen molar-refractivity contribution < 1.29 is 9.13 Å². The molecular formula is C15H23ClFNO. The fourth-order valence-electron chi connectivity index (χ4n) is 1.94. The number of ether oxygens (including phenoxy) is 1. The summed E-state index contributed by atoms with van der Waals surface area (Å²) in [6.07, 6.45) is 0. The quantitative estimate of drug-likeness (QED) is 0.812. The molecule has 0 bridgehead atoms. The van der Waals surface area contributed by atoms with E-state index in [1.807, 2.05) is 13.8 Å². The summed E-state index contributed by atoms with van der Waals surface area (Å²) in [6, 6.07) is 4.82. The molecule has 108 valence electrons. The molecule has 2 nitrogen and oxygen atoms in total. The maximum absolute atomic E-state index is 13.0. The number of nitrogens with one attached hydrogen (secondary N) is 1. The van der Waals surface area contributed by atoms with E-state index in [9.17, 15) is 4.39 Å². The number of hydrogen-bond acceptors (Lipinski definition) is 2. The third-order valence-electron chi connectivity index (χ3n) is 3.20. The molecule has 0 heterocycles. The van der Waals surface area contributed by atoms with Crippen molar-refractivity contribution in [1.29, 1.82) is 0 Å². The molecule has 1 N–H and O–H groups in total. The maximum atomic E-state index is 13.0. The summed E-state index contributed by atoms with van der Waals surface area (Å²) in [4.78, 5) is 0. The van der Waals surface area contributed by atoms with Gasteiger partial charge in [0.25, 0.3) is 0 Å². The van der Waals surface area contributed by atoms with E-state index in [1.165, 1.54) is 12.1 Å². The van der Waals surface area contributed by atoms with Gasteiger partial charge < -0.3 is 10.1 Å². The van der Waals surface area contributed by atoms with Gasteiger partial charge in [-0.25, -0.2) is 4.39 Å². The van der Waals surface area contributed by atoms with Crippen LogP contribution in [0.2, 0.25) is 5.02 Å². The molecule has 0 fully saturated rings. The minimum atomic E-state index is -0.310. The zero-order chi connectivity index (χ0) is 14.4. The monoisotopic (exact) mass is 287 g/mol. The first-order valence-electron chi connectivity index (χ1n) is 6.74. The first-order chi connectivity index (χ1) is 8.95. The van der Waals surface area contributed by atoms with Gasteiger partial charge in [-0.15, -0.1) is 0 Å². The van der Waals surface area contributed by atoms with Crippen molar-refractivity contribution in [3.63, 3.8) is 0 Å². The lowest BCUT2D eigenvalue weighted by Gasteiger charge is -2.27. The predicted octanol–water partition coefficient (Wildman–Crippen LogP) is 4.19. The van der Waals surface area contributed by atoms with Crippen LogP contribution >= 0.6 is 11.6 Å². The summed E-state index contributed by atoms with van der Waals surface area (Å²) in [5.41, 5.74) is 0.908. The highest BCUT2D eigenvalue weighted by molar-refractivity contribution is 6.31. The highest BCUT2D eigenvalue weighted by Crippen LogP contribution is 2.24. The largest absolute Gasteiger partial charge is 0.380 e. The van der Waals surface area contributed by atoms with Gasteiger partial charge in [0.2, 0.25) is 0 Å². The Bertz CT molecular complexity index is 398. The Morgan fingerprint density at radius 2 is 2.00 bits per heavy atom. The van der Waals surface area contributed by atoms with E-state index < -0.39 is 0 Å². The smallest absolute Gasteiger partial charge is 0.124 e. The fourth-order valence-corrected chi connectivity index (χ4v) is 2.27. The average Bonchev–Trinajstić information content (AvgIpc) is 2.33. The average molecular weight is 288 g/mol. The lowest BCUT2D eigenvalue weighted by atomic mass is 10.0. The van der Waals surface area contributed by atoms with Crippen LogP contribution in [-0.4, -0.2) is 19.3 Å². The van der Waals surface area contributed by atoms with Crippen molar-refractivity contribution in [2.75, 3.05) is 13.2 Å². The molecule has 0 aromatic heterocycles. The Labute approximate surface area is 120 Å². The Hall–Kier alpha value is -0.640. The van der Waals surface area contributed by atoms with Gasteiger partial charge in [-0.3, -0.25) is 0 Å². The third-order valence-corrected chi connectivity index (χ3v) is 3.53. The van der Waals surface area contributed by atoms with Crippen LogP contribution in [0.5, 0.6) is 0 Å². The van der Waals surface area contributed by atoms with Crippen LogP contribution in [0.4, 0.5) is 4.39 Å². The number of rotatable bonds is 7. The zero-order valence-electron chi connectivity index (χ0n) is 12.0. The van der Waals surface area contributed by atoms with Gasteiger partial charge in [-0.05, 0) is 37.5 Å². The van der Waals surface area contributed by atoms with Crippen molar-refractivity contribution in [2.45, 2.75) is 39.8 Å². The minimum absolute atomic E-state index is 0.0564. The van der Waals surface area contributed by atoms with Crippen molar-refractivity contribution >= 4 is 11.6 Å². The van der Waals surface area contributed by atoms with Crippen molar-refractivity contribution in [3.05, 3.63) is 34.6 Å². The summed E-state index contributed by atoms with van der Waals surface area (Å²) in [5.74, 6) is 0.142. The van der Waals surface area contributed by atoms with Gasteiger partial charge in [0.05, 0.1) is 6.61 Å². The van der Waals surface area contributed by atoms with Crippen LogP contribution in [0.15, 0.2) is 18.2 Å². The van der Waals surface area contributed by atoms with Gasteiger partial charge >= 0.3 is 0 Å². The van der Waals surface area contributed by atoms with E-state index in [0.29, 0.717) is 24.2 Å². The zero-order valence-corrected chi connectivity index (χ0v) is 12.8. The number of halogens is 2. The van der Waals surface area contributed by atoms with Crippen molar-refractivity contribution in [1.82, 2.24) is 5.32 Å². The standard InChI is InChI=1S/C15H23ClFNO/c1-5-19-9-15(10(2)3)18-11(4)13-7-6-12(17)8-14(13)16/h6-8,10-11,15,18H,5,9H2,1-4H3. The minimum Gasteiger partial charge on any atom is -0.380 e. The summed E-state index contributed by atoms with van der Waals surface area (Å²) in [5, 5.41) is 3.95. The SMILES string of the molecule is CCOCC(NC(C)c1ccc(F)cc1Cl)C(C)C.